The minimum absolute atomic E-state index is 0.0510. The molecule has 2 aromatic heterocycles. The number of hydrogen-bond donors (Lipinski definition) is 0. The zero-order chi connectivity index (χ0) is 16.4. The van der Waals surface area contributed by atoms with Crippen LogP contribution in [0.15, 0.2) is 12.4 Å². The third kappa shape index (κ3) is 3.16. The van der Waals surface area contributed by atoms with Crippen LogP contribution in [-0.2, 0) is 11.2 Å². The van der Waals surface area contributed by atoms with Gasteiger partial charge in [-0.3, -0.25) is 0 Å². The van der Waals surface area contributed by atoms with Crippen molar-refractivity contribution in [3.8, 4) is 0 Å². The van der Waals surface area contributed by atoms with E-state index < -0.39 is 0 Å². The number of methoxy groups -OCH3 is 1. The lowest BCUT2D eigenvalue weighted by atomic mass is 9.90. The molecule has 0 aliphatic carbocycles. The van der Waals surface area contributed by atoms with Gasteiger partial charge in [-0.2, -0.15) is 9.61 Å². The first-order valence-corrected chi connectivity index (χ1v) is 8.21. The summed E-state index contributed by atoms with van der Waals surface area (Å²) >= 11 is 0. The van der Waals surface area contributed by atoms with Gasteiger partial charge in [-0.15, -0.1) is 10.2 Å². The van der Waals surface area contributed by atoms with Crippen LogP contribution in [0.2, 0.25) is 0 Å². The second-order valence-electron chi connectivity index (χ2n) is 6.59. The SMILES string of the molecule is CCc1cc(N2CCC(CN(C)C)(OC)CC2)c2nncn2n1. The van der Waals surface area contributed by atoms with Gasteiger partial charge in [0.25, 0.3) is 0 Å². The van der Waals surface area contributed by atoms with E-state index in [1.165, 1.54) is 0 Å². The number of anilines is 1. The highest BCUT2D eigenvalue weighted by Gasteiger charge is 2.35. The Labute approximate surface area is 137 Å². The molecule has 0 spiro atoms. The van der Waals surface area contributed by atoms with Crippen molar-refractivity contribution in [2.24, 2.45) is 0 Å². The minimum Gasteiger partial charge on any atom is -0.377 e. The number of nitrogens with zero attached hydrogens (tertiary/aromatic N) is 6. The normalized spacial score (nSPS) is 18.0. The van der Waals surface area contributed by atoms with Crippen LogP contribution in [0.3, 0.4) is 0 Å². The Morgan fingerprint density at radius 2 is 2.04 bits per heavy atom. The monoisotopic (exact) mass is 318 g/mol. The number of piperidine rings is 1. The van der Waals surface area contributed by atoms with Crippen LogP contribution in [0.25, 0.3) is 5.65 Å². The molecule has 7 heteroatoms. The van der Waals surface area contributed by atoms with E-state index in [1.807, 2.05) is 7.11 Å². The molecule has 0 bridgehead atoms. The second-order valence-corrected chi connectivity index (χ2v) is 6.59. The molecule has 2 aromatic rings. The Hall–Kier alpha value is -1.73. The van der Waals surface area contributed by atoms with Crippen LogP contribution in [0.4, 0.5) is 5.69 Å². The zero-order valence-electron chi connectivity index (χ0n) is 14.5. The first-order valence-electron chi connectivity index (χ1n) is 8.21. The Bertz CT molecular complexity index is 660. The molecule has 1 saturated heterocycles. The Morgan fingerprint density at radius 1 is 1.30 bits per heavy atom. The van der Waals surface area contributed by atoms with Crippen molar-refractivity contribution in [3.63, 3.8) is 0 Å². The van der Waals surface area contributed by atoms with Crippen molar-refractivity contribution in [1.29, 1.82) is 0 Å². The topological polar surface area (TPSA) is 58.8 Å². The zero-order valence-corrected chi connectivity index (χ0v) is 14.5. The molecule has 1 fully saturated rings. The van der Waals surface area contributed by atoms with Gasteiger partial charge in [-0.05, 0) is 39.4 Å². The lowest BCUT2D eigenvalue weighted by molar-refractivity contribution is -0.0454. The number of likely N-dealkylation sites (N-methyl/N-ethyl adjacent to an activating group) is 1. The molecular formula is C16H26N6O. The van der Waals surface area contributed by atoms with Crippen LogP contribution < -0.4 is 4.90 Å². The highest BCUT2D eigenvalue weighted by Crippen LogP contribution is 2.31. The molecule has 7 nitrogen and oxygen atoms in total. The minimum atomic E-state index is -0.0510. The van der Waals surface area contributed by atoms with E-state index >= 15 is 0 Å². The smallest absolute Gasteiger partial charge is 0.200 e. The average molecular weight is 318 g/mol. The fourth-order valence-corrected chi connectivity index (χ4v) is 3.43. The van der Waals surface area contributed by atoms with Crippen molar-refractivity contribution in [2.75, 3.05) is 45.7 Å². The van der Waals surface area contributed by atoms with Crippen molar-refractivity contribution in [1.82, 2.24) is 24.7 Å². The maximum Gasteiger partial charge on any atom is 0.200 e. The third-order valence-electron chi connectivity index (χ3n) is 4.71. The summed E-state index contributed by atoms with van der Waals surface area (Å²) in [5, 5.41) is 12.8. The number of fused-ring (bicyclic) bond motifs is 1. The van der Waals surface area contributed by atoms with Crippen LogP contribution in [0.1, 0.15) is 25.5 Å². The van der Waals surface area contributed by atoms with Crippen LogP contribution in [0, 0.1) is 0 Å². The van der Waals surface area contributed by atoms with Gasteiger partial charge < -0.3 is 14.5 Å². The quantitative estimate of drug-likeness (QED) is 0.826. The van der Waals surface area contributed by atoms with Gasteiger partial charge in [0.1, 0.15) is 6.33 Å². The molecule has 0 atom stereocenters. The summed E-state index contributed by atoms with van der Waals surface area (Å²) in [6, 6.07) is 2.15. The van der Waals surface area contributed by atoms with Crippen molar-refractivity contribution in [2.45, 2.75) is 31.8 Å². The molecule has 0 saturated carbocycles. The molecule has 1 aliphatic heterocycles. The molecule has 0 N–H and O–H groups in total. The molecule has 23 heavy (non-hydrogen) atoms. The van der Waals surface area contributed by atoms with Crippen LogP contribution in [0.5, 0.6) is 0 Å². The average Bonchev–Trinajstić information content (AvgIpc) is 3.02. The standard InChI is InChI=1S/C16H26N6O/c1-5-13-10-14(15-18-17-12-22(15)19-13)21-8-6-16(23-4,7-9-21)11-20(2)3/h10,12H,5-9,11H2,1-4H3. The Kier molecular flexibility index (Phi) is 4.50. The summed E-state index contributed by atoms with van der Waals surface area (Å²) < 4.78 is 7.66. The van der Waals surface area contributed by atoms with Gasteiger partial charge in [-0.1, -0.05) is 6.92 Å². The maximum atomic E-state index is 5.88. The number of aromatic nitrogens is 4. The van der Waals surface area contributed by atoms with Crippen molar-refractivity contribution < 1.29 is 4.74 Å². The number of aryl methyl sites for hydroxylation is 1. The van der Waals surface area contributed by atoms with E-state index in [0.717, 1.165) is 55.9 Å². The highest BCUT2D eigenvalue weighted by molar-refractivity contribution is 5.68. The molecule has 0 amide bonds. The Balaban J connectivity index is 1.83. The summed E-state index contributed by atoms with van der Waals surface area (Å²) in [5.74, 6) is 0. The van der Waals surface area contributed by atoms with Gasteiger partial charge in [0.05, 0.1) is 17.0 Å². The molecule has 3 heterocycles. The molecule has 0 aromatic carbocycles. The first-order chi connectivity index (χ1) is 11.1. The van der Waals surface area contributed by atoms with E-state index in [9.17, 15) is 0 Å². The maximum absolute atomic E-state index is 5.88. The van der Waals surface area contributed by atoms with Crippen molar-refractivity contribution in [3.05, 3.63) is 18.1 Å². The summed E-state index contributed by atoms with van der Waals surface area (Å²) in [4.78, 5) is 4.59. The van der Waals surface area contributed by atoms with E-state index in [-0.39, 0.29) is 5.60 Å². The number of rotatable bonds is 5. The summed E-state index contributed by atoms with van der Waals surface area (Å²) in [5.41, 5.74) is 2.97. The van der Waals surface area contributed by atoms with Crippen molar-refractivity contribution >= 4 is 11.3 Å². The third-order valence-corrected chi connectivity index (χ3v) is 4.71. The summed E-state index contributed by atoms with van der Waals surface area (Å²) in [6.45, 7) is 4.98. The summed E-state index contributed by atoms with van der Waals surface area (Å²) in [6.07, 6.45) is 4.59. The second kappa shape index (κ2) is 6.41. The first kappa shape index (κ1) is 16.1. The highest BCUT2D eigenvalue weighted by atomic mass is 16.5. The largest absolute Gasteiger partial charge is 0.377 e. The number of hydrogen-bond acceptors (Lipinski definition) is 6. The summed E-state index contributed by atoms with van der Waals surface area (Å²) in [7, 11) is 6.03. The molecule has 0 radical (unpaired) electrons. The lowest BCUT2D eigenvalue weighted by Gasteiger charge is -2.43. The van der Waals surface area contributed by atoms with Gasteiger partial charge in [0.15, 0.2) is 0 Å². The van der Waals surface area contributed by atoms with E-state index in [0.29, 0.717) is 0 Å². The fourth-order valence-electron chi connectivity index (χ4n) is 3.43. The van der Waals surface area contributed by atoms with Gasteiger partial charge >= 0.3 is 0 Å². The predicted octanol–water partition coefficient (Wildman–Crippen LogP) is 1.23. The lowest BCUT2D eigenvalue weighted by Crippen LogP contribution is -2.51. The molecule has 3 rings (SSSR count). The molecule has 0 unspecified atom stereocenters. The molecule has 1 aliphatic rings. The van der Waals surface area contributed by atoms with Gasteiger partial charge in [0, 0.05) is 26.7 Å². The van der Waals surface area contributed by atoms with Gasteiger partial charge in [-0.25, -0.2) is 0 Å². The Morgan fingerprint density at radius 3 is 2.65 bits per heavy atom. The van der Waals surface area contributed by atoms with Gasteiger partial charge in [0.2, 0.25) is 5.65 Å². The number of ether oxygens (including phenoxy) is 1. The predicted molar refractivity (Wildman–Crippen MR) is 89.9 cm³/mol. The van der Waals surface area contributed by atoms with Crippen LogP contribution >= 0.6 is 0 Å². The van der Waals surface area contributed by atoms with Crippen LogP contribution in [-0.4, -0.2) is 71.2 Å². The van der Waals surface area contributed by atoms with E-state index in [4.69, 9.17) is 4.74 Å². The van der Waals surface area contributed by atoms with E-state index in [1.54, 1.807) is 10.8 Å². The fraction of sp³-hybridized carbons (Fsp3) is 0.688. The molecule has 126 valence electrons. The molecular weight excluding hydrogens is 292 g/mol. The van der Waals surface area contributed by atoms with E-state index in [2.05, 4.69) is 52.2 Å².